The van der Waals surface area contributed by atoms with Crippen molar-refractivity contribution in [2.75, 3.05) is 6.54 Å². The fourth-order valence-corrected chi connectivity index (χ4v) is 2.15. The van der Waals surface area contributed by atoms with Gasteiger partial charge in [-0.2, -0.15) is 0 Å². The highest BCUT2D eigenvalue weighted by Crippen LogP contribution is 2.26. The highest BCUT2D eigenvalue weighted by molar-refractivity contribution is 5.78. The van der Waals surface area contributed by atoms with E-state index in [9.17, 15) is 0 Å². The molecule has 1 unspecified atom stereocenters. The van der Waals surface area contributed by atoms with Crippen LogP contribution in [0.4, 0.5) is 0 Å². The Morgan fingerprint density at radius 2 is 2.16 bits per heavy atom. The Morgan fingerprint density at radius 3 is 2.89 bits per heavy atom. The van der Waals surface area contributed by atoms with Gasteiger partial charge in [-0.05, 0) is 45.0 Å². The Morgan fingerprint density at radius 1 is 1.32 bits per heavy atom. The molecule has 0 aliphatic carbocycles. The summed E-state index contributed by atoms with van der Waals surface area (Å²) in [6.45, 7) is 7.12. The van der Waals surface area contributed by atoms with E-state index in [4.69, 9.17) is 4.42 Å². The van der Waals surface area contributed by atoms with Gasteiger partial charge in [0.15, 0.2) is 0 Å². The second-order valence-corrected chi connectivity index (χ2v) is 4.83. The zero-order valence-corrected chi connectivity index (χ0v) is 11.9. The lowest BCUT2D eigenvalue weighted by Gasteiger charge is -2.12. The van der Waals surface area contributed by atoms with Gasteiger partial charge in [0, 0.05) is 11.8 Å². The first-order valence-electron chi connectivity index (χ1n) is 6.87. The van der Waals surface area contributed by atoms with E-state index in [-0.39, 0.29) is 6.04 Å². The van der Waals surface area contributed by atoms with E-state index < -0.39 is 0 Å². The second kappa shape index (κ2) is 6.45. The van der Waals surface area contributed by atoms with Crippen molar-refractivity contribution in [2.24, 2.45) is 0 Å². The first-order valence-corrected chi connectivity index (χ1v) is 6.87. The summed E-state index contributed by atoms with van der Waals surface area (Å²) in [5, 5.41) is 4.67. The summed E-state index contributed by atoms with van der Waals surface area (Å²) in [6.07, 6.45) is 1.89. The zero-order valence-electron chi connectivity index (χ0n) is 11.9. The van der Waals surface area contributed by atoms with Crippen LogP contribution in [0.5, 0.6) is 0 Å². The lowest BCUT2D eigenvalue weighted by Crippen LogP contribution is -2.21. The Bertz CT molecular complexity index is 600. The van der Waals surface area contributed by atoms with Crippen molar-refractivity contribution < 1.29 is 4.42 Å². The maximum absolute atomic E-state index is 5.95. The van der Waals surface area contributed by atoms with Crippen LogP contribution in [0.1, 0.15) is 44.1 Å². The van der Waals surface area contributed by atoms with Gasteiger partial charge in [0.05, 0.1) is 6.04 Å². The lowest BCUT2D eigenvalue weighted by molar-refractivity contribution is 0.435. The Hall–Kier alpha value is -1.72. The first-order chi connectivity index (χ1) is 9.24. The number of aryl methyl sites for hydroxylation is 1. The molecule has 2 nitrogen and oxygen atoms in total. The third-order valence-corrected chi connectivity index (χ3v) is 3.16. The Labute approximate surface area is 115 Å². The monoisotopic (exact) mass is 255 g/mol. The zero-order chi connectivity index (χ0) is 13.7. The molecule has 0 saturated carbocycles. The van der Waals surface area contributed by atoms with Crippen molar-refractivity contribution in [2.45, 2.75) is 39.7 Å². The van der Waals surface area contributed by atoms with Crippen LogP contribution >= 0.6 is 0 Å². The highest BCUT2D eigenvalue weighted by Gasteiger charge is 2.14. The van der Waals surface area contributed by atoms with E-state index in [1.54, 1.807) is 0 Å². The number of benzene rings is 1. The maximum atomic E-state index is 5.95. The molecule has 1 aromatic carbocycles. The SMILES string of the molecule is CC#CCC(NCCC)c1cc2cc(C)ccc2o1. The van der Waals surface area contributed by atoms with Gasteiger partial charge in [-0.25, -0.2) is 0 Å². The number of rotatable bonds is 5. The maximum Gasteiger partial charge on any atom is 0.134 e. The summed E-state index contributed by atoms with van der Waals surface area (Å²) in [5.74, 6) is 7.08. The van der Waals surface area contributed by atoms with Gasteiger partial charge in [0.25, 0.3) is 0 Å². The molecule has 19 heavy (non-hydrogen) atoms. The number of hydrogen-bond acceptors (Lipinski definition) is 2. The van der Waals surface area contributed by atoms with Crippen molar-refractivity contribution >= 4 is 11.0 Å². The van der Waals surface area contributed by atoms with Gasteiger partial charge in [-0.1, -0.05) is 18.6 Å². The molecule has 1 aromatic heterocycles. The minimum Gasteiger partial charge on any atom is -0.459 e. The summed E-state index contributed by atoms with van der Waals surface area (Å²) in [4.78, 5) is 0. The van der Waals surface area contributed by atoms with Gasteiger partial charge >= 0.3 is 0 Å². The molecule has 2 rings (SSSR count). The van der Waals surface area contributed by atoms with Crippen molar-refractivity contribution in [3.05, 3.63) is 35.6 Å². The minimum absolute atomic E-state index is 0.181. The minimum atomic E-state index is 0.181. The smallest absolute Gasteiger partial charge is 0.134 e. The first kappa shape index (κ1) is 13.7. The molecule has 0 radical (unpaired) electrons. The fraction of sp³-hybridized carbons (Fsp3) is 0.412. The van der Waals surface area contributed by atoms with Crippen LogP contribution in [0.3, 0.4) is 0 Å². The van der Waals surface area contributed by atoms with Crippen LogP contribution in [0.15, 0.2) is 28.7 Å². The standard InChI is InChI=1S/C17H21NO/c1-4-6-7-15(18-10-5-2)17-12-14-11-13(3)8-9-16(14)19-17/h8-9,11-12,15,18H,5,7,10H2,1-3H3. The fourth-order valence-electron chi connectivity index (χ4n) is 2.15. The number of fused-ring (bicyclic) bond motifs is 1. The molecule has 0 aliphatic rings. The van der Waals surface area contributed by atoms with Crippen LogP contribution in [0.2, 0.25) is 0 Å². The predicted octanol–water partition coefficient (Wildman–Crippen LogP) is 4.20. The summed E-state index contributed by atoms with van der Waals surface area (Å²) in [6, 6.07) is 8.59. The average molecular weight is 255 g/mol. The molecule has 0 spiro atoms. The Balaban J connectivity index is 2.28. The van der Waals surface area contributed by atoms with Crippen LogP contribution in [0, 0.1) is 18.8 Å². The largest absolute Gasteiger partial charge is 0.459 e. The van der Waals surface area contributed by atoms with Gasteiger partial charge in [0.2, 0.25) is 0 Å². The van der Waals surface area contributed by atoms with Crippen molar-refractivity contribution in [1.82, 2.24) is 5.32 Å². The summed E-state index contributed by atoms with van der Waals surface area (Å²) in [5.41, 5.74) is 2.21. The molecule has 0 saturated heterocycles. The van der Waals surface area contributed by atoms with Gasteiger partial charge in [-0.15, -0.1) is 11.8 Å². The van der Waals surface area contributed by atoms with Crippen LogP contribution in [0.25, 0.3) is 11.0 Å². The van der Waals surface area contributed by atoms with Gasteiger partial charge < -0.3 is 9.73 Å². The highest BCUT2D eigenvalue weighted by atomic mass is 16.3. The molecule has 1 heterocycles. The molecular formula is C17H21NO. The van der Waals surface area contributed by atoms with Crippen LogP contribution < -0.4 is 5.32 Å². The van der Waals surface area contributed by atoms with Crippen molar-refractivity contribution in [3.63, 3.8) is 0 Å². The molecular weight excluding hydrogens is 234 g/mol. The quantitative estimate of drug-likeness (QED) is 0.810. The molecule has 0 fully saturated rings. The van der Waals surface area contributed by atoms with Gasteiger partial charge in [0.1, 0.15) is 11.3 Å². The Kier molecular flexibility index (Phi) is 4.65. The molecule has 1 N–H and O–H groups in total. The van der Waals surface area contributed by atoms with E-state index in [1.165, 1.54) is 10.9 Å². The van der Waals surface area contributed by atoms with Crippen molar-refractivity contribution in [1.29, 1.82) is 0 Å². The molecule has 2 heteroatoms. The summed E-state index contributed by atoms with van der Waals surface area (Å²) >= 11 is 0. The molecule has 1 atom stereocenters. The summed E-state index contributed by atoms with van der Waals surface area (Å²) in [7, 11) is 0. The third-order valence-electron chi connectivity index (χ3n) is 3.16. The molecule has 0 amide bonds. The average Bonchev–Trinajstić information content (AvgIpc) is 2.81. The molecule has 0 bridgehead atoms. The topological polar surface area (TPSA) is 25.2 Å². The van der Waals surface area contributed by atoms with E-state index in [1.807, 2.05) is 13.0 Å². The van der Waals surface area contributed by atoms with Gasteiger partial charge in [-0.3, -0.25) is 0 Å². The number of hydrogen-bond donors (Lipinski definition) is 1. The van der Waals surface area contributed by atoms with E-state index in [0.717, 1.165) is 30.7 Å². The summed E-state index contributed by atoms with van der Waals surface area (Å²) < 4.78 is 5.95. The predicted molar refractivity (Wildman–Crippen MR) is 80.1 cm³/mol. The van der Waals surface area contributed by atoms with E-state index in [0.29, 0.717) is 0 Å². The van der Waals surface area contributed by atoms with Crippen LogP contribution in [-0.2, 0) is 0 Å². The molecule has 0 aliphatic heterocycles. The molecule has 100 valence electrons. The third kappa shape index (κ3) is 3.39. The number of furan rings is 1. The molecule has 2 aromatic rings. The number of nitrogens with one attached hydrogen (secondary N) is 1. The lowest BCUT2D eigenvalue weighted by atomic mass is 10.1. The second-order valence-electron chi connectivity index (χ2n) is 4.83. The van der Waals surface area contributed by atoms with E-state index >= 15 is 0 Å². The normalized spacial score (nSPS) is 12.2. The van der Waals surface area contributed by atoms with Crippen LogP contribution in [-0.4, -0.2) is 6.54 Å². The van der Waals surface area contributed by atoms with Crippen molar-refractivity contribution in [3.8, 4) is 11.8 Å². The van der Waals surface area contributed by atoms with E-state index in [2.05, 4.69) is 49.2 Å².